The minimum Gasteiger partial charge on any atom is -0.337 e. The van der Waals surface area contributed by atoms with E-state index in [4.69, 9.17) is 5.21 Å². The number of fused-ring (bicyclic) bond motifs is 1. The van der Waals surface area contributed by atoms with Crippen LogP contribution < -0.4 is 5.48 Å². The zero-order chi connectivity index (χ0) is 21.5. The molecule has 1 amide bonds. The largest absolute Gasteiger partial charge is 0.337 e. The van der Waals surface area contributed by atoms with Gasteiger partial charge in [0, 0.05) is 31.1 Å². The van der Waals surface area contributed by atoms with Gasteiger partial charge < -0.3 is 9.13 Å². The summed E-state index contributed by atoms with van der Waals surface area (Å²) in [5.74, 6) is -0.563. The number of carbonyl (C=O) groups excluding carboxylic acids is 1. The summed E-state index contributed by atoms with van der Waals surface area (Å²) >= 11 is 0. The molecule has 0 radical (unpaired) electrons. The van der Waals surface area contributed by atoms with E-state index in [1.54, 1.807) is 17.8 Å². The lowest BCUT2D eigenvalue weighted by molar-refractivity contribution is -0.124. The van der Waals surface area contributed by atoms with Gasteiger partial charge in [0.2, 0.25) is 0 Å². The average molecular weight is 415 g/mol. The molecular weight excluding hydrogens is 390 g/mol. The maximum absolute atomic E-state index is 11.2. The number of aromatic nitrogens is 4. The van der Waals surface area contributed by atoms with Crippen LogP contribution in [0.2, 0.25) is 0 Å². The molecular formula is C24H25N5O2. The summed E-state index contributed by atoms with van der Waals surface area (Å²) in [5, 5.41) is 8.63. The van der Waals surface area contributed by atoms with Gasteiger partial charge in [-0.25, -0.2) is 15.4 Å². The van der Waals surface area contributed by atoms with Crippen molar-refractivity contribution in [1.82, 2.24) is 24.6 Å². The summed E-state index contributed by atoms with van der Waals surface area (Å²) in [7, 11) is 0. The minimum atomic E-state index is -0.563. The van der Waals surface area contributed by atoms with Crippen LogP contribution in [0.3, 0.4) is 0 Å². The van der Waals surface area contributed by atoms with E-state index in [2.05, 4.69) is 43.4 Å². The zero-order valence-corrected chi connectivity index (χ0v) is 17.1. The van der Waals surface area contributed by atoms with Crippen LogP contribution in [0, 0.1) is 0 Å². The lowest BCUT2D eigenvalue weighted by Gasteiger charge is -2.20. The second-order valence-electron chi connectivity index (χ2n) is 7.50. The first kappa shape index (κ1) is 20.6. The molecule has 158 valence electrons. The summed E-state index contributed by atoms with van der Waals surface area (Å²) in [6.45, 7) is 0.930. The number of benzene rings is 2. The van der Waals surface area contributed by atoms with Gasteiger partial charge in [-0.1, -0.05) is 36.4 Å². The Morgan fingerprint density at radius 1 is 1.16 bits per heavy atom. The fourth-order valence-corrected chi connectivity index (χ4v) is 3.81. The monoisotopic (exact) mass is 415 g/mol. The predicted octanol–water partition coefficient (Wildman–Crippen LogP) is 4.02. The zero-order valence-electron chi connectivity index (χ0n) is 17.1. The number of hydrogen-bond donors (Lipinski definition) is 2. The van der Waals surface area contributed by atoms with Crippen molar-refractivity contribution in [2.75, 3.05) is 0 Å². The second-order valence-corrected chi connectivity index (χ2v) is 7.50. The van der Waals surface area contributed by atoms with E-state index >= 15 is 0 Å². The molecule has 7 nitrogen and oxygen atoms in total. The number of imidazole rings is 2. The first-order valence-corrected chi connectivity index (χ1v) is 10.3. The summed E-state index contributed by atoms with van der Waals surface area (Å²) < 4.78 is 4.36. The fourth-order valence-electron chi connectivity index (χ4n) is 3.81. The van der Waals surface area contributed by atoms with Gasteiger partial charge in [0.1, 0.15) is 0 Å². The highest BCUT2D eigenvalue weighted by molar-refractivity contribution is 5.91. The number of hydrogen-bond acceptors (Lipinski definition) is 4. The van der Waals surface area contributed by atoms with Gasteiger partial charge >= 0.3 is 0 Å². The Kier molecular flexibility index (Phi) is 6.54. The molecule has 2 heterocycles. The first-order valence-electron chi connectivity index (χ1n) is 10.3. The Hall–Kier alpha value is -3.71. The second kappa shape index (κ2) is 9.86. The molecule has 1 unspecified atom stereocenters. The van der Waals surface area contributed by atoms with Crippen molar-refractivity contribution in [2.24, 2.45) is 0 Å². The van der Waals surface area contributed by atoms with Gasteiger partial charge in [-0.15, -0.1) is 0 Å². The molecule has 2 aromatic heterocycles. The summed E-state index contributed by atoms with van der Waals surface area (Å²) in [6.07, 6.45) is 13.5. The molecule has 0 aliphatic heterocycles. The van der Waals surface area contributed by atoms with Crippen LogP contribution in [-0.4, -0.2) is 30.2 Å². The highest BCUT2D eigenvalue weighted by Gasteiger charge is 2.15. The number of hydroxylamine groups is 1. The first-order chi connectivity index (χ1) is 15.2. The molecule has 0 saturated heterocycles. The van der Waals surface area contributed by atoms with Gasteiger partial charge in [0.25, 0.3) is 5.91 Å². The van der Waals surface area contributed by atoms with E-state index in [1.807, 2.05) is 43.1 Å². The molecule has 2 N–H and O–H groups in total. The maximum atomic E-state index is 11.2. The van der Waals surface area contributed by atoms with E-state index in [1.165, 1.54) is 11.6 Å². The van der Waals surface area contributed by atoms with E-state index < -0.39 is 5.91 Å². The van der Waals surface area contributed by atoms with Gasteiger partial charge in [-0.3, -0.25) is 10.0 Å². The number of rotatable bonds is 9. The van der Waals surface area contributed by atoms with Crippen LogP contribution in [0.5, 0.6) is 0 Å². The molecule has 4 aromatic rings. The van der Waals surface area contributed by atoms with Crippen molar-refractivity contribution in [3.63, 3.8) is 0 Å². The Labute approximate surface area is 180 Å². The third-order valence-electron chi connectivity index (χ3n) is 5.36. The lowest BCUT2D eigenvalue weighted by atomic mass is 10.0. The molecule has 0 spiro atoms. The molecule has 31 heavy (non-hydrogen) atoms. The van der Waals surface area contributed by atoms with Gasteiger partial charge in [-0.05, 0) is 48.6 Å². The van der Waals surface area contributed by atoms with Gasteiger partial charge in [0.05, 0.1) is 23.7 Å². The topological polar surface area (TPSA) is 85.0 Å². The van der Waals surface area contributed by atoms with E-state index in [0.717, 1.165) is 42.4 Å². The van der Waals surface area contributed by atoms with E-state index in [9.17, 15) is 4.79 Å². The van der Waals surface area contributed by atoms with Crippen molar-refractivity contribution >= 4 is 23.0 Å². The quantitative estimate of drug-likeness (QED) is 0.246. The summed E-state index contributed by atoms with van der Waals surface area (Å²) in [5.41, 5.74) is 5.68. The van der Waals surface area contributed by atoms with Crippen LogP contribution >= 0.6 is 0 Å². The smallest absolute Gasteiger partial charge is 0.267 e. The van der Waals surface area contributed by atoms with Crippen molar-refractivity contribution in [1.29, 1.82) is 0 Å². The van der Waals surface area contributed by atoms with Gasteiger partial charge in [0.15, 0.2) is 0 Å². The Morgan fingerprint density at radius 2 is 2.03 bits per heavy atom. The molecule has 0 saturated carbocycles. The van der Waals surface area contributed by atoms with Crippen molar-refractivity contribution in [3.05, 3.63) is 90.8 Å². The van der Waals surface area contributed by atoms with E-state index in [0.29, 0.717) is 0 Å². The van der Waals surface area contributed by atoms with Crippen LogP contribution in [0.15, 0.2) is 79.7 Å². The standard InChI is InChI=1S/C24H25N5O2/c30-24(27-31)11-9-20-8-10-23-22(16-20)26-18-29(23)21(15-19-5-2-1-3-6-19)7-4-13-28-14-12-25-17-28/h1-3,5-6,8-12,14,16-18,21,31H,4,7,13,15H2,(H,27,30). The van der Waals surface area contributed by atoms with Crippen LogP contribution in [-0.2, 0) is 17.8 Å². The minimum absolute atomic E-state index is 0.275. The number of aryl methyl sites for hydroxylation is 1. The molecule has 1 atom stereocenters. The number of amides is 1. The van der Waals surface area contributed by atoms with Gasteiger partial charge in [-0.2, -0.15) is 0 Å². The highest BCUT2D eigenvalue weighted by Crippen LogP contribution is 2.26. The van der Waals surface area contributed by atoms with Crippen molar-refractivity contribution in [2.45, 2.75) is 31.8 Å². The number of nitrogens with zero attached hydrogens (tertiary/aromatic N) is 4. The lowest BCUT2D eigenvalue weighted by Crippen LogP contribution is -2.14. The SMILES string of the molecule is O=C(C=Cc1ccc2c(c1)ncn2C(CCCn1ccnc1)Cc1ccccc1)NO. The highest BCUT2D eigenvalue weighted by atomic mass is 16.5. The van der Waals surface area contributed by atoms with Crippen molar-refractivity contribution in [3.8, 4) is 0 Å². The maximum Gasteiger partial charge on any atom is 0.267 e. The molecule has 0 bridgehead atoms. The van der Waals surface area contributed by atoms with Crippen LogP contribution in [0.4, 0.5) is 0 Å². The number of nitrogens with one attached hydrogen (secondary N) is 1. The summed E-state index contributed by atoms with van der Waals surface area (Å²) in [6, 6.07) is 16.7. The Bertz CT molecular complexity index is 1150. The third-order valence-corrected chi connectivity index (χ3v) is 5.36. The van der Waals surface area contributed by atoms with Crippen LogP contribution in [0.1, 0.15) is 30.0 Å². The Balaban J connectivity index is 1.56. The Morgan fingerprint density at radius 3 is 2.81 bits per heavy atom. The molecule has 2 aromatic carbocycles. The average Bonchev–Trinajstić information content (AvgIpc) is 3.47. The fraction of sp³-hybridized carbons (Fsp3) is 0.208. The van der Waals surface area contributed by atoms with Crippen LogP contribution in [0.25, 0.3) is 17.1 Å². The van der Waals surface area contributed by atoms with E-state index in [-0.39, 0.29) is 6.04 Å². The molecule has 7 heteroatoms. The molecule has 0 aliphatic carbocycles. The molecule has 0 aliphatic rings. The van der Waals surface area contributed by atoms with Crippen molar-refractivity contribution < 1.29 is 10.0 Å². The summed E-state index contributed by atoms with van der Waals surface area (Å²) in [4.78, 5) is 20.0. The number of carbonyl (C=O) groups is 1. The molecule has 4 rings (SSSR count). The third kappa shape index (κ3) is 5.26. The molecule has 0 fully saturated rings. The normalized spacial score (nSPS) is 12.4. The predicted molar refractivity (Wildman–Crippen MR) is 119 cm³/mol.